The molecule has 1 atom stereocenters. The summed E-state index contributed by atoms with van der Waals surface area (Å²) in [5.74, 6) is -0.962. The molecule has 0 saturated carbocycles. The molecule has 96 valence electrons. The van der Waals surface area contributed by atoms with E-state index >= 15 is 0 Å². The van der Waals surface area contributed by atoms with Gasteiger partial charge < -0.3 is 5.11 Å². The smallest absolute Gasteiger partial charge is 0.306 e. The Labute approximate surface area is 108 Å². The van der Waals surface area contributed by atoms with Gasteiger partial charge in [0.1, 0.15) is 0 Å². The van der Waals surface area contributed by atoms with Crippen molar-refractivity contribution in [2.45, 2.75) is 39.0 Å². The number of rotatable bonds is 5. The van der Waals surface area contributed by atoms with Crippen LogP contribution in [0.4, 0.5) is 0 Å². The van der Waals surface area contributed by atoms with Crippen LogP contribution in [0.1, 0.15) is 42.9 Å². The summed E-state index contributed by atoms with van der Waals surface area (Å²) in [6.45, 7) is 1.76. The third kappa shape index (κ3) is 3.22. The van der Waals surface area contributed by atoms with E-state index in [-0.39, 0.29) is 5.92 Å². The molecule has 1 aromatic carbocycles. The minimum absolute atomic E-state index is 0.255. The fraction of sp³-hybridized carbons (Fsp3) is 0.438. The highest BCUT2D eigenvalue weighted by atomic mass is 16.4. The van der Waals surface area contributed by atoms with Gasteiger partial charge in [-0.05, 0) is 48.8 Å². The number of aliphatic carboxylic acids is 1. The Morgan fingerprint density at radius 2 is 2.17 bits per heavy atom. The molecule has 1 aliphatic carbocycles. The molecule has 0 aromatic heterocycles. The molecule has 0 spiro atoms. The lowest BCUT2D eigenvalue weighted by atomic mass is 10.0. The number of fused-ring (bicyclic) bond motifs is 1. The van der Waals surface area contributed by atoms with Crippen molar-refractivity contribution < 1.29 is 9.90 Å². The summed E-state index contributed by atoms with van der Waals surface area (Å²) in [5, 5.41) is 8.78. The zero-order chi connectivity index (χ0) is 13.0. The van der Waals surface area contributed by atoms with E-state index in [9.17, 15) is 4.79 Å². The molecule has 18 heavy (non-hydrogen) atoms. The number of benzene rings is 1. The Hall–Kier alpha value is -1.57. The Kier molecular flexibility index (Phi) is 4.19. The summed E-state index contributed by atoms with van der Waals surface area (Å²) in [4.78, 5) is 10.7. The summed E-state index contributed by atoms with van der Waals surface area (Å²) < 4.78 is 0. The lowest BCUT2D eigenvalue weighted by Gasteiger charge is -2.03. The maximum atomic E-state index is 10.7. The molecule has 0 saturated heterocycles. The minimum Gasteiger partial charge on any atom is -0.481 e. The average Bonchev–Trinajstić information content (AvgIpc) is 2.81. The van der Waals surface area contributed by atoms with Crippen LogP contribution in [0.15, 0.2) is 24.3 Å². The standard InChI is InChI=1S/C16H20O2/c1-12(16(17)18)5-2-3-6-13-9-10-14-7-4-8-15(14)11-13/h3,6,9-12H,2,4-5,7-8H2,1H3,(H,17,18)/b6-3+. The molecule has 0 fully saturated rings. The van der Waals surface area contributed by atoms with Crippen LogP contribution < -0.4 is 0 Å². The first-order valence-electron chi connectivity index (χ1n) is 6.68. The van der Waals surface area contributed by atoms with Crippen LogP contribution in [0, 0.1) is 5.92 Å². The molecule has 0 amide bonds. The van der Waals surface area contributed by atoms with Crippen LogP contribution in [0.25, 0.3) is 6.08 Å². The second-order valence-electron chi connectivity index (χ2n) is 5.10. The second-order valence-corrected chi connectivity index (χ2v) is 5.10. The molecule has 0 heterocycles. The van der Waals surface area contributed by atoms with Gasteiger partial charge in [-0.25, -0.2) is 0 Å². The topological polar surface area (TPSA) is 37.3 Å². The van der Waals surface area contributed by atoms with E-state index in [1.165, 1.54) is 36.0 Å². The van der Waals surface area contributed by atoms with Crippen LogP contribution in [-0.2, 0) is 17.6 Å². The molecule has 2 rings (SSSR count). The van der Waals surface area contributed by atoms with Gasteiger partial charge in [0, 0.05) is 0 Å². The van der Waals surface area contributed by atoms with Crippen LogP contribution in [-0.4, -0.2) is 11.1 Å². The molecule has 1 N–H and O–H groups in total. The third-order valence-corrected chi connectivity index (χ3v) is 3.62. The van der Waals surface area contributed by atoms with Crippen LogP contribution in [0.3, 0.4) is 0 Å². The van der Waals surface area contributed by atoms with Gasteiger partial charge in [-0.2, -0.15) is 0 Å². The first-order chi connectivity index (χ1) is 8.66. The molecule has 2 heteroatoms. The van der Waals surface area contributed by atoms with Crippen molar-refractivity contribution in [1.82, 2.24) is 0 Å². The molecule has 0 radical (unpaired) electrons. The number of hydrogen-bond donors (Lipinski definition) is 1. The van der Waals surface area contributed by atoms with E-state index in [2.05, 4.69) is 30.4 Å². The molecule has 0 bridgehead atoms. The van der Waals surface area contributed by atoms with E-state index in [4.69, 9.17) is 5.11 Å². The predicted molar refractivity (Wildman–Crippen MR) is 73.5 cm³/mol. The largest absolute Gasteiger partial charge is 0.481 e. The highest BCUT2D eigenvalue weighted by Gasteiger charge is 2.10. The highest BCUT2D eigenvalue weighted by Crippen LogP contribution is 2.23. The molecule has 2 nitrogen and oxygen atoms in total. The number of hydrogen-bond acceptors (Lipinski definition) is 1. The minimum atomic E-state index is -0.707. The molecule has 0 aliphatic heterocycles. The van der Waals surface area contributed by atoms with Gasteiger partial charge >= 0.3 is 5.97 Å². The Morgan fingerprint density at radius 3 is 2.94 bits per heavy atom. The normalized spacial score (nSPS) is 15.8. The Bertz CT molecular complexity index is 460. The Morgan fingerprint density at radius 1 is 1.39 bits per heavy atom. The maximum Gasteiger partial charge on any atom is 0.306 e. The fourth-order valence-electron chi connectivity index (χ4n) is 2.38. The van der Waals surface area contributed by atoms with Crippen molar-refractivity contribution in [1.29, 1.82) is 0 Å². The fourth-order valence-corrected chi connectivity index (χ4v) is 2.38. The van der Waals surface area contributed by atoms with Gasteiger partial charge in [0.15, 0.2) is 0 Å². The number of carboxylic acid groups (broad SMARTS) is 1. The third-order valence-electron chi connectivity index (χ3n) is 3.62. The number of carbonyl (C=O) groups is 1. The highest BCUT2D eigenvalue weighted by molar-refractivity contribution is 5.69. The molecular formula is C16H20O2. The summed E-state index contributed by atoms with van der Waals surface area (Å²) in [6.07, 6.45) is 9.41. The second kappa shape index (κ2) is 5.85. The van der Waals surface area contributed by atoms with E-state index in [0.29, 0.717) is 6.42 Å². The van der Waals surface area contributed by atoms with Gasteiger partial charge in [0.2, 0.25) is 0 Å². The van der Waals surface area contributed by atoms with Crippen LogP contribution in [0.5, 0.6) is 0 Å². The van der Waals surface area contributed by atoms with Gasteiger partial charge in [0.05, 0.1) is 5.92 Å². The first-order valence-corrected chi connectivity index (χ1v) is 6.68. The van der Waals surface area contributed by atoms with Crippen molar-refractivity contribution in [3.8, 4) is 0 Å². The van der Waals surface area contributed by atoms with E-state index < -0.39 is 5.97 Å². The van der Waals surface area contributed by atoms with E-state index in [1.807, 2.05) is 0 Å². The quantitative estimate of drug-likeness (QED) is 0.857. The van der Waals surface area contributed by atoms with Crippen molar-refractivity contribution in [3.05, 3.63) is 41.0 Å². The SMILES string of the molecule is CC(CC/C=C/c1ccc2c(c1)CCC2)C(=O)O. The molecule has 1 aromatic rings. The monoisotopic (exact) mass is 244 g/mol. The zero-order valence-electron chi connectivity index (χ0n) is 10.9. The first kappa shape index (κ1) is 12.9. The molecule has 1 unspecified atom stereocenters. The van der Waals surface area contributed by atoms with Gasteiger partial charge in [-0.1, -0.05) is 37.3 Å². The van der Waals surface area contributed by atoms with Crippen molar-refractivity contribution in [2.75, 3.05) is 0 Å². The molecule has 1 aliphatic rings. The van der Waals surface area contributed by atoms with Crippen molar-refractivity contribution >= 4 is 12.0 Å². The van der Waals surface area contributed by atoms with Crippen LogP contribution >= 0.6 is 0 Å². The summed E-state index contributed by atoms with van der Waals surface area (Å²) >= 11 is 0. The molecular weight excluding hydrogens is 224 g/mol. The lowest BCUT2D eigenvalue weighted by molar-refractivity contribution is -0.141. The number of aryl methyl sites for hydroxylation is 2. The summed E-state index contributed by atoms with van der Waals surface area (Å²) in [6, 6.07) is 6.64. The van der Waals surface area contributed by atoms with Crippen LogP contribution in [0.2, 0.25) is 0 Å². The Balaban J connectivity index is 1.88. The number of allylic oxidation sites excluding steroid dienone is 1. The maximum absolute atomic E-state index is 10.7. The summed E-state index contributed by atoms with van der Waals surface area (Å²) in [5.41, 5.74) is 4.21. The van der Waals surface area contributed by atoms with Crippen molar-refractivity contribution in [3.63, 3.8) is 0 Å². The van der Waals surface area contributed by atoms with E-state index in [1.54, 1.807) is 6.92 Å². The van der Waals surface area contributed by atoms with Gasteiger partial charge in [-0.3, -0.25) is 4.79 Å². The predicted octanol–water partition coefficient (Wildman–Crippen LogP) is 3.69. The van der Waals surface area contributed by atoms with E-state index in [0.717, 1.165) is 6.42 Å². The summed E-state index contributed by atoms with van der Waals surface area (Å²) in [7, 11) is 0. The lowest BCUT2D eigenvalue weighted by Crippen LogP contribution is -2.08. The number of carboxylic acids is 1. The van der Waals surface area contributed by atoms with Gasteiger partial charge in [0.25, 0.3) is 0 Å². The average molecular weight is 244 g/mol. The van der Waals surface area contributed by atoms with Crippen molar-refractivity contribution in [2.24, 2.45) is 5.92 Å². The van der Waals surface area contributed by atoms with Gasteiger partial charge in [-0.15, -0.1) is 0 Å². The zero-order valence-corrected chi connectivity index (χ0v) is 10.9.